The number of amides is 1. The van der Waals surface area contributed by atoms with Crippen LogP contribution >= 0.6 is 23.1 Å². The molecule has 3 rings (SSSR count). The van der Waals surface area contributed by atoms with Crippen molar-refractivity contribution in [2.75, 3.05) is 18.0 Å². The quantitative estimate of drug-likeness (QED) is 0.249. The fraction of sp³-hybridized carbons (Fsp3) is 0.385. The van der Waals surface area contributed by atoms with Crippen LogP contribution in [0.2, 0.25) is 0 Å². The van der Waals surface area contributed by atoms with E-state index >= 15 is 0 Å². The summed E-state index contributed by atoms with van der Waals surface area (Å²) >= 11 is 2.70. The fourth-order valence-corrected chi connectivity index (χ4v) is 4.06. The number of thiazole rings is 1. The van der Waals surface area contributed by atoms with Gasteiger partial charge in [-0.15, -0.1) is 23.1 Å². The van der Waals surface area contributed by atoms with Gasteiger partial charge in [0.2, 0.25) is 0 Å². The Morgan fingerprint density at radius 1 is 1.67 bits per heavy atom. The van der Waals surface area contributed by atoms with Crippen LogP contribution in [0.1, 0.15) is 12.6 Å². The Balaban J connectivity index is 1.59. The Morgan fingerprint density at radius 2 is 2.46 bits per heavy atom. The molecule has 9 nitrogen and oxygen atoms in total. The van der Waals surface area contributed by atoms with Gasteiger partial charge >= 0.3 is 5.97 Å². The predicted octanol–water partition coefficient (Wildman–Crippen LogP) is -0.118. The van der Waals surface area contributed by atoms with Crippen LogP contribution in [0.25, 0.3) is 0 Å². The van der Waals surface area contributed by atoms with E-state index in [1.54, 1.807) is 11.8 Å². The molecule has 0 saturated carbocycles. The van der Waals surface area contributed by atoms with Crippen molar-refractivity contribution in [3.05, 3.63) is 22.3 Å². The van der Waals surface area contributed by atoms with Gasteiger partial charge in [0.25, 0.3) is 5.91 Å². The smallest absolute Gasteiger partial charge is 0.355 e. The van der Waals surface area contributed by atoms with Crippen LogP contribution < -0.4 is 16.4 Å². The number of carbonyl (C=O) groups is 2. The van der Waals surface area contributed by atoms with E-state index in [1.165, 1.54) is 5.38 Å². The molecule has 0 saturated heterocycles. The van der Waals surface area contributed by atoms with Gasteiger partial charge in [0.05, 0.1) is 5.37 Å². The highest BCUT2D eigenvalue weighted by Crippen LogP contribution is 2.30. The van der Waals surface area contributed by atoms with Crippen molar-refractivity contribution in [2.24, 2.45) is 5.16 Å². The number of nitrogens with zero attached hydrogens (tertiary/aromatic N) is 2. The maximum absolute atomic E-state index is 12.2. The Kier molecular flexibility index (Phi) is 4.62. The van der Waals surface area contributed by atoms with Crippen LogP contribution in [0.3, 0.4) is 0 Å². The normalized spacial score (nSPS) is 23.5. The molecule has 11 heteroatoms. The van der Waals surface area contributed by atoms with Crippen molar-refractivity contribution < 1.29 is 19.5 Å². The summed E-state index contributed by atoms with van der Waals surface area (Å²) in [7, 11) is 0. The van der Waals surface area contributed by atoms with E-state index in [4.69, 9.17) is 15.7 Å². The number of rotatable bonds is 4. The number of thioether (sulfide) groups is 1. The molecule has 3 heterocycles. The zero-order chi connectivity index (χ0) is 17.3. The van der Waals surface area contributed by atoms with Gasteiger partial charge in [-0.2, -0.15) is 0 Å². The topological polar surface area (TPSA) is 139 Å². The summed E-state index contributed by atoms with van der Waals surface area (Å²) in [5.74, 6) is -0.295. The highest BCUT2D eigenvalue weighted by atomic mass is 32.2. The van der Waals surface area contributed by atoms with Gasteiger partial charge in [-0.25, -0.2) is 9.78 Å². The van der Waals surface area contributed by atoms with E-state index in [2.05, 4.69) is 20.8 Å². The Bertz CT molecular complexity index is 744. The largest absolute Gasteiger partial charge is 0.453 e. The minimum atomic E-state index is -0.577. The van der Waals surface area contributed by atoms with E-state index in [-0.39, 0.29) is 40.5 Å². The van der Waals surface area contributed by atoms with Crippen molar-refractivity contribution in [3.63, 3.8) is 0 Å². The molecule has 2 aliphatic rings. The number of hydrogen-bond donors (Lipinski definition) is 4. The number of aromatic nitrogens is 1. The van der Waals surface area contributed by atoms with Gasteiger partial charge in [-0.05, 0) is 6.92 Å². The lowest BCUT2D eigenvalue weighted by Crippen LogP contribution is -2.44. The second-order valence-corrected chi connectivity index (χ2v) is 7.20. The molecule has 2 aliphatic heterocycles. The van der Waals surface area contributed by atoms with Gasteiger partial charge in [-0.3, -0.25) is 4.79 Å². The number of ether oxygens (including phenoxy) is 1. The average molecular weight is 369 g/mol. The number of nitrogens with two attached hydrogens (primary N) is 1. The average Bonchev–Trinajstić information content (AvgIpc) is 3.10. The van der Waals surface area contributed by atoms with E-state index in [0.717, 1.165) is 16.9 Å². The van der Waals surface area contributed by atoms with Crippen LogP contribution in [0.15, 0.2) is 21.8 Å². The lowest BCUT2D eigenvalue weighted by molar-refractivity contribution is -0.139. The van der Waals surface area contributed by atoms with Crippen molar-refractivity contribution in [1.29, 1.82) is 0 Å². The van der Waals surface area contributed by atoms with E-state index < -0.39 is 5.91 Å². The summed E-state index contributed by atoms with van der Waals surface area (Å²) in [6.45, 7) is 2.06. The van der Waals surface area contributed by atoms with Crippen molar-refractivity contribution >= 4 is 45.8 Å². The van der Waals surface area contributed by atoms with Gasteiger partial charge in [0.1, 0.15) is 17.5 Å². The van der Waals surface area contributed by atoms with Crippen LogP contribution in [-0.4, -0.2) is 51.6 Å². The maximum Gasteiger partial charge on any atom is 0.355 e. The molecule has 1 amide bonds. The molecule has 5 N–H and O–H groups in total. The minimum absolute atomic E-state index is 0.189. The number of oxime groups is 1. The second kappa shape index (κ2) is 6.69. The summed E-state index contributed by atoms with van der Waals surface area (Å²) < 4.78 is 5.15. The Morgan fingerprint density at radius 3 is 3.12 bits per heavy atom. The molecule has 1 aromatic heterocycles. The highest BCUT2D eigenvalue weighted by Gasteiger charge is 2.36. The highest BCUT2D eigenvalue weighted by molar-refractivity contribution is 8.00. The molecular formula is C13H15N5O4S2. The number of nitrogens with one attached hydrogen (secondary N) is 2. The molecule has 0 bridgehead atoms. The Labute approximate surface area is 145 Å². The maximum atomic E-state index is 12.2. The lowest BCUT2D eigenvalue weighted by Gasteiger charge is -2.24. The number of cyclic esters (lactones) is 1. The first-order chi connectivity index (χ1) is 11.5. The van der Waals surface area contributed by atoms with Gasteiger partial charge in [0, 0.05) is 23.3 Å². The molecule has 128 valence electrons. The summed E-state index contributed by atoms with van der Waals surface area (Å²) in [6.07, 6.45) is -0.216. The van der Waals surface area contributed by atoms with E-state index in [9.17, 15) is 9.59 Å². The van der Waals surface area contributed by atoms with Crippen molar-refractivity contribution in [2.45, 2.75) is 18.4 Å². The van der Waals surface area contributed by atoms with Crippen molar-refractivity contribution in [1.82, 2.24) is 15.6 Å². The summed E-state index contributed by atoms with van der Waals surface area (Å²) in [5.41, 5.74) is 6.92. The number of nitrogen functional groups attached to an aromatic ring is 1. The third kappa shape index (κ3) is 3.17. The Hall–Kier alpha value is -2.27. The molecule has 1 aromatic rings. The van der Waals surface area contributed by atoms with E-state index in [1.807, 2.05) is 6.92 Å². The van der Waals surface area contributed by atoms with Gasteiger partial charge in [-0.1, -0.05) is 5.16 Å². The number of carbonyl (C=O) groups excluding carboxylic acids is 2. The summed E-state index contributed by atoms with van der Waals surface area (Å²) in [6, 6.07) is 0. The molecule has 0 aliphatic carbocycles. The number of esters is 1. The molecule has 0 radical (unpaired) electrons. The molecule has 0 spiro atoms. The summed E-state index contributed by atoms with van der Waals surface area (Å²) in [5, 5.41) is 19.4. The molecular weight excluding hydrogens is 354 g/mol. The summed E-state index contributed by atoms with van der Waals surface area (Å²) in [4.78, 5) is 27.8. The van der Waals surface area contributed by atoms with E-state index in [0.29, 0.717) is 11.4 Å². The third-order valence-electron chi connectivity index (χ3n) is 3.57. The first-order valence-electron chi connectivity index (χ1n) is 7.03. The van der Waals surface area contributed by atoms with Gasteiger partial charge < -0.3 is 26.3 Å². The van der Waals surface area contributed by atoms with Crippen LogP contribution in [-0.2, 0) is 14.3 Å². The van der Waals surface area contributed by atoms with Crippen LogP contribution in [0.5, 0.6) is 0 Å². The molecule has 0 unspecified atom stereocenters. The molecule has 0 aromatic carbocycles. The molecule has 2 atom stereocenters. The lowest BCUT2D eigenvalue weighted by atomic mass is 10.1. The monoisotopic (exact) mass is 369 g/mol. The van der Waals surface area contributed by atoms with Crippen molar-refractivity contribution in [3.8, 4) is 0 Å². The zero-order valence-electron chi connectivity index (χ0n) is 12.6. The minimum Gasteiger partial charge on any atom is -0.453 e. The first-order valence-corrected chi connectivity index (χ1v) is 8.96. The third-order valence-corrected chi connectivity index (χ3v) is 5.41. The van der Waals surface area contributed by atoms with Gasteiger partial charge in [0.15, 0.2) is 10.8 Å². The first kappa shape index (κ1) is 16.6. The predicted molar refractivity (Wildman–Crippen MR) is 89.8 cm³/mol. The second-order valence-electron chi connectivity index (χ2n) is 5.12. The fourth-order valence-electron chi connectivity index (χ4n) is 2.35. The SMILES string of the molecule is C[C@@H]1OC(=O)C2=C1CS[C@H](CNC(=O)/C(=N/O)c1csc(N)n1)N2. The molecule has 0 fully saturated rings. The number of hydrogen-bond acceptors (Lipinski definition) is 10. The number of anilines is 1. The van der Waals surface area contributed by atoms with Crippen LogP contribution in [0.4, 0.5) is 5.13 Å². The zero-order valence-corrected chi connectivity index (χ0v) is 14.2. The standard InChI is InChI=1S/C13H15N5O4S2/c1-5-6-3-23-8(17-9(6)12(20)22-5)2-15-11(19)10(18-21)7-4-24-13(14)16-7/h4-5,8,17,21H,2-3H2,1H3,(H2,14,16)(H,15,19)/b18-10+/t5-,8+/m0/s1. The van der Waals surface area contributed by atoms with Crippen LogP contribution in [0, 0.1) is 0 Å². The molecule has 24 heavy (non-hydrogen) atoms.